The van der Waals surface area contributed by atoms with E-state index in [1.54, 1.807) is 23.9 Å². The highest BCUT2D eigenvalue weighted by Gasteiger charge is 2.38. The van der Waals surface area contributed by atoms with Crippen LogP contribution in [0.25, 0.3) is 10.9 Å². The number of carbonyl (C=O) groups excluding carboxylic acids is 1. The van der Waals surface area contributed by atoms with Gasteiger partial charge in [-0.15, -0.1) is 11.3 Å². The quantitative estimate of drug-likeness (QED) is 0.225. The minimum Gasteiger partial charge on any atom is -0.496 e. The van der Waals surface area contributed by atoms with E-state index in [4.69, 9.17) is 31.3 Å². The second-order valence-corrected chi connectivity index (χ2v) is 13.6. The summed E-state index contributed by atoms with van der Waals surface area (Å²) >= 11 is 7.01. The molecule has 15 heteroatoms. The number of thiophene rings is 1. The maximum Gasteiger partial charge on any atom is 0.490 e. The average Bonchev–Trinajstić information content (AvgIpc) is 3.51. The van der Waals surface area contributed by atoms with Crippen molar-refractivity contribution >= 4 is 55.4 Å². The van der Waals surface area contributed by atoms with Crippen molar-refractivity contribution in [3.05, 3.63) is 75.8 Å². The molecule has 0 radical (unpaired) electrons. The second-order valence-electron chi connectivity index (χ2n) is 9.68. The Morgan fingerprint density at radius 1 is 1.09 bits per heavy atom. The molecular formula is C28H29ClF3N3O6S2. The summed E-state index contributed by atoms with van der Waals surface area (Å²) < 4.78 is 65.9. The van der Waals surface area contributed by atoms with Gasteiger partial charge in [0.1, 0.15) is 21.5 Å². The van der Waals surface area contributed by atoms with Crippen molar-refractivity contribution in [3.63, 3.8) is 0 Å². The van der Waals surface area contributed by atoms with Gasteiger partial charge < -0.3 is 14.7 Å². The molecule has 9 nitrogen and oxygen atoms in total. The monoisotopic (exact) mass is 659 g/mol. The number of hydrogen-bond acceptors (Lipinski definition) is 8. The van der Waals surface area contributed by atoms with Crippen LogP contribution in [0.2, 0.25) is 4.34 Å². The molecule has 0 bridgehead atoms. The molecule has 0 unspecified atom stereocenters. The Kier molecular flexibility index (Phi) is 11.4. The maximum atomic E-state index is 13.1. The van der Waals surface area contributed by atoms with Crippen molar-refractivity contribution in [1.82, 2.24) is 14.7 Å². The van der Waals surface area contributed by atoms with Crippen LogP contribution in [0.1, 0.15) is 23.2 Å². The van der Waals surface area contributed by atoms with Crippen LogP contribution in [0.3, 0.4) is 0 Å². The molecule has 0 fully saturated rings. The van der Waals surface area contributed by atoms with Crippen molar-refractivity contribution in [2.75, 3.05) is 27.7 Å². The highest BCUT2D eigenvalue weighted by molar-refractivity contribution is 7.92. The lowest BCUT2D eigenvalue weighted by molar-refractivity contribution is -0.192. The third-order valence-electron chi connectivity index (χ3n) is 5.97. The van der Waals surface area contributed by atoms with Gasteiger partial charge in [-0.25, -0.2) is 13.2 Å². The van der Waals surface area contributed by atoms with Gasteiger partial charge in [-0.05, 0) is 55.9 Å². The summed E-state index contributed by atoms with van der Waals surface area (Å²) in [4.78, 5) is 22.9. The molecule has 0 amide bonds. The largest absolute Gasteiger partial charge is 0.496 e. The fourth-order valence-corrected chi connectivity index (χ4v) is 7.00. The van der Waals surface area contributed by atoms with Gasteiger partial charge in [0, 0.05) is 6.42 Å². The number of likely N-dealkylation sites (N-methyl/N-ethyl adjacent to an activating group) is 1. The zero-order valence-corrected chi connectivity index (χ0v) is 25.8. The minimum atomic E-state index is -5.08. The molecule has 0 aliphatic rings. The number of benzene rings is 2. The molecule has 2 aromatic heterocycles. The standard InChI is InChI=1S/C26H28ClN3O4S2.C2HF3O2/c1-29(2)16-20(31)11-10-18-6-4-7-19(14-18)15-30-22-8-5-9-23(34-3)26(22)21(28-30)17-36(32,33)25-13-12-24(27)35-25;3-2(4,5)1(6)7/h4-9,12-14H,10-11,15-17H2,1-3H3;(H,6,7). The van der Waals surface area contributed by atoms with Crippen molar-refractivity contribution in [2.45, 2.75) is 35.5 Å². The normalized spacial score (nSPS) is 11.8. The summed E-state index contributed by atoms with van der Waals surface area (Å²) in [6, 6.07) is 16.7. The lowest BCUT2D eigenvalue weighted by atomic mass is 10.0. The number of rotatable bonds is 11. The van der Waals surface area contributed by atoms with Crippen LogP contribution in [-0.4, -0.2) is 73.9 Å². The molecule has 4 rings (SSSR count). The summed E-state index contributed by atoms with van der Waals surface area (Å²) in [5.41, 5.74) is 3.30. The highest BCUT2D eigenvalue weighted by atomic mass is 35.5. The summed E-state index contributed by atoms with van der Waals surface area (Å²) in [6.45, 7) is 0.887. The molecule has 0 atom stereocenters. The molecule has 1 N–H and O–H groups in total. The smallest absolute Gasteiger partial charge is 0.490 e. The van der Waals surface area contributed by atoms with Gasteiger partial charge in [0.05, 0.1) is 41.1 Å². The van der Waals surface area contributed by atoms with Gasteiger partial charge in [0.15, 0.2) is 9.84 Å². The van der Waals surface area contributed by atoms with Crippen LogP contribution in [0.15, 0.2) is 58.8 Å². The number of carbonyl (C=O) groups is 2. The van der Waals surface area contributed by atoms with E-state index in [1.165, 1.54) is 6.07 Å². The van der Waals surface area contributed by atoms with Crippen LogP contribution < -0.4 is 4.74 Å². The molecule has 0 saturated carbocycles. The lowest BCUT2D eigenvalue weighted by Crippen LogP contribution is -2.21. The van der Waals surface area contributed by atoms with Gasteiger partial charge >= 0.3 is 12.1 Å². The summed E-state index contributed by atoms with van der Waals surface area (Å²) in [6.07, 6.45) is -3.93. The Morgan fingerprint density at radius 3 is 2.33 bits per heavy atom. The number of methoxy groups -OCH3 is 1. The van der Waals surface area contributed by atoms with Gasteiger partial charge in [0.25, 0.3) is 0 Å². The Balaban J connectivity index is 0.000000646. The van der Waals surface area contributed by atoms with E-state index < -0.39 is 22.0 Å². The van der Waals surface area contributed by atoms with E-state index in [-0.39, 0.29) is 15.7 Å². The van der Waals surface area contributed by atoms with Gasteiger partial charge in [-0.3, -0.25) is 9.48 Å². The van der Waals surface area contributed by atoms with Crippen molar-refractivity contribution in [1.29, 1.82) is 0 Å². The maximum absolute atomic E-state index is 13.1. The minimum absolute atomic E-state index is 0.202. The molecule has 2 heterocycles. The molecule has 2 aromatic carbocycles. The summed E-state index contributed by atoms with van der Waals surface area (Å²) in [7, 11) is 1.70. The lowest BCUT2D eigenvalue weighted by Gasteiger charge is -2.09. The predicted octanol–water partition coefficient (Wildman–Crippen LogP) is 5.48. The third-order valence-corrected chi connectivity index (χ3v) is 9.41. The SMILES string of the molecule is COc1cccc2c1c(CS(=O)(=O)c1ccc(Cl)s1)nn2Cc1cccc(CCC(=O)CN(C)C)c1.O=C(O)C(F)(F)F. The Morgan fingerprint density at radius 2 is 1.74 bits per heavy atom. The molecule has 4 aromatic rings. The number of ketones is 1. The zero-order valence-electron chi connectivity index (χ0n) is 23.4. The number of Topliss-reactive ketones (excluding diaryl/α,β-unsaturated/α-hetero) is 1. The summed E-state index contributed by atoms with van der Waals surface area (Å²) in [5.74, 6) is -2.25. The number of aromatic nitrogens is 2. The average molecular weight is 660 g/mol. The number of sulfone groups is 1. The van der Waals surface area contributed by atoms with Crippen LogP contribution >= 0.6 is 22.9 Å². The van der Waals surface area contributed by atoms with E-state index in [9.17, 15) is 26.4 Å². The van der Waals surface area contributed by atoms with Crippen LogP contribution in [-0.2, 0) is 38.1 Å². The van der Waals surface area contributed by atoms with E-state index in [1.807, 2.05) is 49.3 Å². The number of ether oxygens (including phenoxy) is 1. The van der Waals surface area contributed by atoms with Gasteiger partial charge in [-0.2, -0.15) is 18.3 Å². The molecule has 43 heavy (non-hydrogen) atoms. The first-order valence-corrected chi connectivity index (χ1v) is 15.5. The molecule has 0 spiro atoms. The third kappa shape index (κ3) is 9.51. The number of fused-ring (bicyclic) bond motifs is 1. The number of aliphatic carboxylic acids is 1. The predicted molar refractivity (Wildman–Crippen MR) is 158 cm³/mol. The Hall–Kier alpha value is -3.46. The fraction of sp³-hybridized carbons (Fsp3) is 0.321. The summed E-state index contributed by atoms with van der Waals surface area (Å²) in [5, 5.41) is 12.5. The Bertz CT molecular complexity index is 1700. The topological polar surface area (TPSA) is 119 Å². The molecular weight excluding hydrogens is 631 g/mol. The van der Waals surface area contributed by atoms with E-state index >= 15 is 0 Å². The van der Waals surface area contributed by atoms with Crippen molar-refractivity contribution in [3.8, 4) is 5.75 Å². The van der Waals surface area contributed by atoms with E-state index in [0.29, 0.717) is 47.1 Å². The number of carboxylic acids is 1. The second kappa shape index (κ2) is 14.3. The molecule has 232 valence electrons. The number of halogens is 4. The van der Waals surface area contributed by atoms with E-state index in [0.717, 1.165) is 28.0 Å². The van der Waals surface area contributed by atoms with Crippen LogP contribution in [0.4, 0.5) is 13.2 Å². The Labute approximate surface area is 255 Å². The van der Waals surface area contributed by atoms with Crippen molar-refractivity contribution < 1.29 is 41.0 Å². The number of nitrogens with zero attached hydrogens (tertiary/aromatic N) is 3. The number of carboxylic acid groups (broad SMARTS) is 1. The first-order valence-electron chi connectivity index (χ1n) is 12.7. The highest BCUT2D eigenvalue weighted by Crippen LogP contribution is 2.33. The fourth-order valence-electron chi connectivity index (χ4n) is 4.15. The molecule has 0 aliphatic carbocycles. The molecule has 0 saturated heterocycles. The molecule has 0 aliphatic heterocycles. The number of aryl methyl sites for hydroxylation is 1. The van der Waals surface area contributed by atoms with Gasteiger partial charge in [0.2, 0.25) is 0 Å². The van der Waals surface area contributed by atoms with E-state index in [2.05, 4.69) is 6.07 Å². The number of hydrogen-bond donors (Lipinski definition) is 1. The van der Waals surface area contributed by atoms with Crippen molar-refractivity contribution in [2.24, 2.45) is 0 Å². The van der Waals surface area contributed by atoms with Crippen LogP contribution in [0, 0.1) is 0 Å². The van der Waals surface area contributed by atoms with Crippen LogP contribution in [0.5, 0.6) is 5.75 Å². The first-order chi connectivity index (χ1) is 20.1. The zero-order chi connectivity index (χ0) is 31.9. The number of alkyl halides is 3. The first kappa shape index (κ1) is 34.0. The van der Waals surface area contributed by atoms with Gasteiger partial charge in [-0.1, -0.05) is 41.9 Å².